The van der Waals surface area contributed by atoms with Gasteiger partial charge in [0, 0.05) is 6.54 Å². The molecule has 1 aliphatic rings. The molecule has 1 aromatic rings. The summed E-state index contributed by atoms with van der Waals surface area (Å²) in [7, 11) is 0. The molecule has 126 valence electrons. The number of benzene rings is 1. The van der Waals surface area contributed by atoms with E-state index < -0.39 is 23.2 Å². The maximum absolute atomic E-state index is 13.1. The molecule has 7 heteroatoms. The van der Waals surface area contributed by atoms with Crippen molar-refractivity contribution in [3.8, 4) is 0 Å². The Kier molecular flexibility index (Phi) is 5.96. The number of halogens is 2. The molecule has 0 aliphatic heterocycles. The van der Waals surface area contributed by atoms with Crippen molar-refractivity contribution >= 4 is 29.1 Å². The van der Waals surface area contributed by atoms with Crippen LogP contribution < -0.4 is 10.6 Å². The predicted octanol–water partition coefficient (Wildman–Crippen LogP) is 2.62. The van der Waals surface area contributed by atoms with Crippen molar-refractivity contribution in [3.63, 3.8) is 0 Å². The van der Waals surface area contributed by atoms with Crippen LogP contribution >= 0.6 is 11.6 Å². The lowest BCUT2D eigenvalue weighted by atomic mass is 9.94. The monoisotopic (exact) mass is 342 g/mol. The van der Waals surface area contributed by atoms with E-state index in [9.17, 15) is 19.1 Å². The zero-order valence-electron chi connectivity index (χ0n) is 12.7. The Bertz CT molecular complexity index is 587. The highest BCUT2D eigenvalue weighted by molar-refractivity contribution is 6.41. The normalized spacial score (nSPS) is 17.2. The molecule has 1 saturated carbocycles. The Morgan fingerprint density at radius 1 is 1.17 bits per heavy atom. The largest absolute Gasteiger partial charge is 0.388 e. The fourth-order valence-electron chi connectivity index (χ4n) is 2.66. The predicted molar refractivity (Wildman–Crippen MR) is 85.7 cm³/mol. The zero-order valence-corrected chi connectivity index (χ0v) is 13.5. The van der Waals surface area contributed by atoms with E-state index in [4.69, 9.17) is 11.6 Å². The number of hydrogen-bond acceptors (Lipinski definition) is 3. The maximum Gasteiger partial charge on any atom is 0.313 e. The average Bonchev–Trinajstić information content (AvgIpc) is 2.73. The SMILES string of the molecule is O=C(NCC1(O)CCCCCC1)C(=O)Nc1cc(F)ccc1Cl. The average molecular weight is 343 g/mol. The third-order valence-corrected chi connectivity index (χ3v) is 4.32. The number of amides is 2. The second-order valence-corrected chi connectivity index (χ2v) is 6.31. The summed E-state index contributed by atoms with van der Waals surface area (Å²) in [5.74, 6) is -2.41. The number of hydrogen-bond donors (Lipinski definition) is 3. The first-order valence-corrected chi connectivity index (χ1v) is 8.04. The lowest BCUT2D eigenvalue weighted by Gasteiger charge is -2.26. The molecule has 0 bridgehead atoms. The van der Waals surface area contributed by atoms with Crippen LogP contribution in [0.15, 0.2) is 18.2 Å². The molecule has 0 spiro atoms. The number of anilines is 1. The molecule has 1 aliphatic carbocycles. The quantitative estimate of drug-likeness (QED) is 0.583. The highest BCUT2D eigenvalue weighted by Crippen LogP contribution is 2.26. The summed E-state index contributed by atoms with van der Waals surface area (Å²) >= 11 is 5.83. The van der Waals surface area contributed by atoms with Gasteiger partial charge >= 0.3 is 11.8 Å². The van der Waals surface area contributed by atoms with Gasteiger partial charge in [-0.05, 0) is 31.0 Å². The van der Waals surface area contributed by atoms with Gasteiger partial charge < -0.3 is 15.7 Å². The van der Waals surface area contributed by atoms with Gasteiger partial charge in [0.25, 0.3) is 0 Å². The molecule has 3 N–H and O–H groups in total. The molecule has 1 fully saturated rings. The summed E-state index contributed by atoms with van der Waals surface area (Å²) in [4.78, 5) is 23.7. The van der Waals surface area contributed by atoms with Crippen LogP contribution in [0.25, 0.3) is 0 Å². The van der Waals surface area contributed by atoms with Gasteiger partial charge in [-0.1, -0.05) is 37.3 Å². The molecular weight excluding hydrogens is 323 g/mol. The van der Waals surface area contributed by atoms with Gasteiger partial charge in [-0.3, -0.25) is 9.59 Å². The van der Waals surface area contributed by atoms with Gasteiger partial charge in [0.1, 0.15) is 5.82 Å². The summed E-state index contributed by atoms with van der Waals surface area (Å²) < 4.78 is 13.1. The molecule has 0 saturated heterocycles. The van der Waals surface area contributed by atoms with Crippen LogP contribution in [0.3, 0.4) is 0 Å². The number of nitrogens with one attached hydrogen (secondary N) is 2. The minimum absolute atomic E-state index is 0.0239. The summed E-state index contributed by atoms with van der Waals surface area (Å²) in [5, 5.41) is 15.3. The molecule has 0 aromatic heterocycles. The summed E-state index contributed by atoms with van der Waals surface area (Å²) in [6.07, 6.45) is 5.13. The highest BCUT2D eigenvalue weighted by atomic mass is 35.5. The highest BCUT2D eigenvalue weighted by Gasteiger charge is 2.29. The Morgan fingerprint density at radius 2 is 1.83 bits per heavy atom. The third-order valence-electron chi connectivity index (χ3n) is 4.00. The fourth-order valence-corrected chi connectivity index (χ4v) is 2.83. The Morgan fingerprint density at radius 3 is 2.48 bits per heavy atom. The first-order chi connectivity index (χ1) is 10.9. The maximum atomic E-state index is 13.1. The molecule has 0 heterocycles. The van der Waals surface area contributed by atoms with Gasteiger partial charge in [-0.2, -0.15) is 0 Å². The van der Waals surface area contributed by atoms with Gasteiger partial charge in [0.15, 0.2) is 0 Å². The minimum Gasteiger partial charge on any atom is -0.388 e. The van der Waals surface area contributed by atoms with Gasteiger partial charge in [0.05, 0.1) is 16.3 Å². The van der Waals surface area contributed by atoms with E-state index in [1.165, 1.54) is 6.07 Å². The smallest absolute Gasteiger partial charge is 0.313 e. The van der Waals surface area contributed by atoms with Crippen LogP contribution in [-0.4, -0.2) is 29.1 Å². The molecule has 0 atom stereocenters. The lowest BCUT2D eigenvalue weighted by molar-refractivity contribution is -0.136. The first-order valence-electron chi connectivity index (χ1n) is 7.66. The number of carbonyl (C=O) groups excluding carboxylic acids is 2. The van der Waals surface area contributed by atoms with Gasteiger partial charge in [-0.25, -0.2) is 4.39 Å². The van der Waals surface area contributed by atoms with E-state index in [0.717, 1.165) is 37.8 Å². The summed E-state index contributed by atoms with van der Waals surface area (Å²) in [5.41, 5.74) is -0.942. The minimum atomic E-state index is -0.969. The molecule has 23 heavy (non-hydrogen) atoms. The van der Waals surface area contributed by atoms with E-state index in [2.05, 4.69) is 10.6 Å². The molecular formula is C16H20ClFN2O3. The van der Waals surface area contributed by atoms with Crippen molar-refractivity contribution in [1.82, 2.24) is 5.32 Å². The Balaban J connectivity index is 1.89. The third kappa shape index (κ3) is 5.18. The number of aliphatic hydroxyl groups is 1. The first kappa shape index (κ1) is 17.7. The molecule has 0 radical (unpaired) electrons. The van der Waals surface area contributed by atoms with Crippen LogP contribution in [0, 0.1) is 5.82 Å². The molecule has 2 amide bonds. The van der Waals surface area contributed by atoms with Crippen molar-refractivity contribution in [3.05, 3.63) is 29.0 Å². The van der Waals surface area contributed by atoms with Crippen molar-refractivity contribution < 1.29 is 19.1 Å². The lowest BCUT2D eigenvalue weighted by Crippen LogP contribution is -2.46. The molecule has 5 nitrogen and oxygen atoms in total. The Hall–Kier alpha value is -1.66. The van der Waals surface area contributed by atoms with E-state index in [1.807, 2.05) is 0 Å². The molecule has 1 aromatic carbocycles. The molecule has 0 unspecified atom stereocenters. The van der Waals surface area contributed by atoms with Crippen molar-refractivity contribution in [1.29, 1.82) is 0 Å². The standard InChI is InChI=1S/C16H20ClFN2O3/c17-12-6-5-11(18)9-13(12)20-15(22)14(21)19-10-16(23)7-3-1-2-4-8-16/h5-6,9,23H,1-4,7-8,10H2,(H,19,21)(H,20,22). The van der Waals surface area contributed by atoms with E-state index in [1.54, 1.807) is 0 Å². The second kappa shape index (κ2) is 7.75. The van der Waals surface area contributed by atoms with Gasteiger partial charge in [-0.15, -0.1) is 0 Å². The van der Waals surface area contributed by atoms with Crippen LogP contribution in [-0.2, 0) is 9.59 Å². The van der Waals surface area contributed by atoms with Crippen molar-refractivity contribution in [2.75, 3.05) is 11.9 Å². The van der Waals surface area contributed by atoms with Crippen molar-refractivity contribution in [2.45, 2.75) is 44.1 Å². The van der Waals surface area contributed by atoms with Crippen LogP contribution in [0.5, 0.6) is 0 Å². The second-order valence-electron chi connectivity index (χ2n) is 5.90. The molecule has 2 rings (SSSR count). The Labute approximate surface area is 139 Å². The van der Waals surface area contributed by atoms with Crippen LogP contribution in [0.4, 0.5) is 10.1 Å². The number of carbonyl (C=O) groups is 2. The number of rotatable bonds is 3. The fraction of sp³-hybridized carbons (Fsp3) is 0.500. The zero-order chi connectivity index (χ0) is 16.9. The van der Waals surface area contributed by atoms with Crippen LogP contribution in [0.2, 0.25) is 5.02 Å². The van der Waals surface area contributed by atoms with Crippen molar-refractivity contribution in [2.24, 2.45) is 0 Å². The van der Waals surface area contributed by atoms with E-state index in [0.29, 0.717) is 12.8 Å². The summed E-state index contributed by atoms with van der Waals surface area (Å²) in [6.45, 7) is 0.0239. The van der Waals surface area contributed by atoms with E-state index in [-0.39, 0.29) is 17.3 Å². The van der Waals surface area contributed by atoms with E-state index >= 15 is 0 Å². The van der Waals surface area contributed by atoms with Crippen LogP contribution in [0.1, 0.15) is 38.5 Å². The van der Waals surface area contributed by atoms with Gasteiger partial charge in [0.2, 0.25) is 0 Å². The summed E-state index contributed by atoms with van der Waals surface area (Å²) in [6, 6.07) is 3.48. The topological polar surface area (TPSA) is 78.4 Å².